The summed E-state index contributed by atoms with van der Waals surface area (Å²) in [6.07, 6.45) is 9.46. The van der Waals surface area contributed by atoms with Crippen molar-refractivity contribution in [3.8, 4) is 5.75 Å². The molecule has 222 valence electrons. The Balaban J connectivity index is 1.67. The Hall–Kier alpha value is -3.17. The van der Waals surface area contributed by atoms with Gasteiger partial charge in [0.05, 0.1) is 37.2 Å². The number of carbonyl (C=O) groups is 3. The van der Waals surface area contributed by atoms with Crippen molar-refractivity contribution in [2.24, 2.45) is 17.8 Å². The van der Waals surface area contributed by atoms with Crippen LogP contribution in [0.5, 0.6) is 5.75 Å². The van der Waals surface area contributed by atoms with E-state index in [-0.39, 0.29) is 36.8 Å². The largest absolute Gasteiger partial charge is 0.497 e. The SMILES string of the molecule is CCCN1CC=C[C@]2(CC)O[C@]34C=CCN(c5ccc(OC)cc5)C(=O)C3N([C@@H](CO)CC(C)C)C(=O)[C@@H]4[C@@H]2C1=O. The van der Waals surface area contributed by atoms with Crippen LogP contribution in [0.2, 0.25) is 0 Å². The van der Waals surface area contributed by atoms with Crippen molar-refractivity contribution in [3.05, 3.63) is 48.6 Å². The molecule has 6 atom stereocenters. The minimum Gasteiger partial charge on any atom is -0.497 e. The summed E-state index contributed by atoms with van der Waals surface area (Å²) >= 11 is 0. The van der Waals surface area contributed by atoms with Gasteiger partial charge in [-0.05, 0) is 49.4 Å². The molecule has 0 radical (unpaired) electrons. The van der Waals surface area contributed by atoms with Crippen molar-refractivity contribution in [2.45, 2.75) is 70.2 Å². The van der Waals surface area contributed by atoms with E-state index in [9.17, 15) is 19.5 Å². The second-order valence-corrected chi connectivity index (χ2v) is 12.1. The highest BCUT2D eigenvalue weighted by Gasteiger charge is 2.75. The van der Waals surface area contributed by atoms with E-state index in [0.29, 0.717) is 37.4 Å². The average Bonchev–Trinajstić information content (AvgIpc) is 3.26. The number of hydrogen-bond donors (Lipinski definition) is 1. The first-order valence-corrected chi connectivity index (χ1v) is 14.9. The fourth-order valence-electron chi connectivity index (χ4n) is 7.43. The Labute approximate surface area is 242 Å². The Bertz CT molecular complexity index is 1230. The molecule has 41 heavy (non-hydrogen) atoms. The maximum absolute atomic E-state index is 14.7. The summed E-state index contributed by atoms with van der Waals surface area (Å²) < 4.78 is 12.3. The molecule has 4 aliphatic rings. The molecule has 1 aromatic rings. The third-order valence-corrected chi connectivity index (χ3v) is 9.19. The quantitative estimate of drug-likeness (QED) is 0.462. The Morgan fingerprint density at radius 1 is 1.00 bits per heavy atom. The molecule has 5 rings (SSSR count). The molecular weight excluding hydrogens is 522 g/mol. The summed E-state index contributed by atoms with van der Waals surface area (Å²) in [5, 5.41) is 10.6. The number of benzene rings is 1. The number of fused-ring (bicyclic) bond motifs is 2. The molecule has 0 aliphatic carbocycles. The highest BCUT2D eigenvalue weighted by atomic mass is 16.5. The number of aliphatic hydroxyl groups excluding tert-OH is 1. The third kappa shape index (κ3) is 4.57. The van der Waals surface area contributed by atoms with Crippen LogP contribution in [-0.4, -0.2) is 89.3 Å². The lowest BCUT2D eigenvalue weighted by atomic mass is 9.73. The molecule has 2 saturated heterocycles. The number of rotatable bonds is 9. The smallest absolute Gasteiger partial charge is 0.253 e. The first kappa shape index (κ1) is 29.3. The Morgan fingerprint density at radius 3 is 2.32 bits per heavy atom. The number of aliphatic hydroxyl groups is 1. The van der Waals surface area contributed by atoms with Gasteiger partial charge in [-0.2, -0.15) is 0 Å². The zero-order valence-corrected chi connectivity index (χ0v) is 24.8. The highest BCUT2D eigenvalue weighted by Crippen LogP contribution is 2.59. The number of carbonyl (C=O) groups excluding carboxylic acids is 3. The van der Waals surface area contributed by atoms with Crippen LogP contribution in [0.3, 0.4) is 0 Å². The topological polar surface area (TPSA) is 99.6 Å². The van der Waals surface area contributed by atoms with E-state index in [1.807, 2.05) is 64.1 Å². The summed E-state index contributed by atoms with van der Waals surface area (Å²) in [7, 11) is 1.59. The van der Waals surface area contributed by atoms with Gasteiger partial charge in [-0.25, -0.2) is 0 Å². The van der Waals surface area contributed by atoms with Crippen LogP contribution in [0.25, 0.3) is 0 Å². The van der Waals surface area contributed by atoms with Crippen molar-refractivity contribution in [2.75, 3.05) is 38.3 Å². The number of likely N-dealkylation sites (tertiary alicyclic amines) is 1. The lowest BCUT2D eigenvalue weighted by Crippen LogP contribution is -2.59. The molecule has 4 aliphatic heterocycles. The van der Waals surface area contributed by atoms with E-state index in [2.05, 4.69) is 0 Å². The Morgan fingerprint density at radius 2 is 1.71 bits per heavy atom. The monoisotopic (exact) mass is 565 g/mol. The van der Waals surface area contributed by atoms with Gasteiger partial charge in [0.25, 0.3) is 5.91 Å². The molecule has 9 heteroatoms. The number of hydrogen-bond acceptors (Lipinski definition) is 6. The van der Waals surface area contributed by atoms with Gasteiger partial charge in [0, 0.05) is 25.3 Å². The van der Waals surface area contributed by atoms with E-state index >= 15 is 0 Å². The molecule has 0 saturated carbocycles. The molecule has 0 bridgehead atoms. The number of anilines is 1. The van der Waals surface area contributed by atoms with E-state index in [4.69, 9.17) is 9.47 Å². The summed E-state index contributed by atoms with van der Waals surface area (Å²) in [5.74, 6) is -1.53. The first-order chi connectivity index (χ1) is 19.7. The van der Waals surface area contributed by atoms with Gasteiger partial charge < -0.3 is 29.3 Å². The van der Waals surface area contributed by atoms with Gasteiger partial charge >= 0.3 is 0 Å². The number of amides is 3. The second kappa shape index (κ2) is 11.2. The van der Waals surface area contributed by atoms with Crippen LogP contribution < -0.4 is 9.64 Å². The van der Waals surface area contributed by atoms with E-state index in [1.165, 1.54) is 0 Å². The zero-order chi connectivity index (χ0) is 29.5. The molecule has 1 spiro atoms. The molecule has 1 aromatic carbocycles. The summed E-state index contributed by atoms with van der Waals surface area (Å²) in [4.78, 5) is 48.6. The van der Waals surface area contributed by atoms with Crippen molar-refractivity contribution in [3.63, 3.8) is 0 Å². The highest BCUT2D eigenvalue weighted by molar-refractivity contribution is 6.06. The van der Waals surface area contributed by atoms with Crippen molar-refractivity contribution in [1.29, 1.82) is 0 Å². The molecule has 1 N–H and O–H groups in total. The lowest BCUT2D eigenvalue weighted by Gasteiger charge is -2.41. The fourth-order valence-corrected chi connectivity index (χ4v) is 7.43. The van der Waals surface area contributed by atoms with Crippen LogP contribution >= 0.6 is 0 Å². The third-order valence-electron chi connectivity index (χ3n) is 9.19. The Kier molecular flexibility index (Phi) is 8.05. The molecule has 4 heterocycles. The van der Waals surface area contributed by atoms with Gasteiger partial charge in [-0.3, -0.25) is 14.4 Å². The zero-order valence-electron chi connectivity index (χ0n) is 24.8. The molecule has 0 aromatic heterocycles. The van der Waals surface area contributed by atoms with Crippen LogP contribution in [0.1, 0.15) is 47.0 Å². The van der Waals surface area contributed by atoms with E-state index in [1.54, 1.807) is 33.9 Å². The molecular formula is C32H43N3O6. The maximum Gasteiger partial charge on any atom is 0.253 e. The summed E-state index contributed by atoms with van der Waals surface area (Å²) in [6.45, 7) is 9.08. The van der Waals surface area contributed by atoms with Crippen LogP contribution in [0.4, 0.5) is 5.69 Å². The van der Waals surface area contributed by atoms with Crippen molar-refractivity contribution < 1.29 is 29.0 Å². The molecule has 2 fully saturated rings. The molecule has 9 nitrogen and oxygen atoms in total. The average molecular weight is 566 g/mol. The van der Waals surface area contributed by atoms with Gasteiger partial charge in [0.2, 0.25) is 11.8 Å². The van der Waals surface area contributed by atoms with Gasteiger partial charge in [-0.15, -0.1) is 0 Å². The molecule has 3 amide bonds. The van der Waals surface area contributed by atoms with Crippen molar-refractivity contribution >= 4 is 23.4 Å². The lowest BCUT2D eigenvalue weighted by molar-refractivity contribution is -0.153. The van der Waals surface area contributed by atoms with Crippen LogP contribution in [0.15, 0.2) is 48.6 Å². The number of methoxy groups -OCH3 is 1. The second-order valence-electron chi connectivity index (χ2n) is 12.1. The molecule has 1 unspecified atom stereocenters. The van der Waals surface area contributed by atoms with Gasteiger partial charge in [0.1, 0.15) is 17.4 Å². The summed E-state index contributed by atoms with van der Waals surface area (Å²) in [6, 6.07) is 5.61. The standard InChI is InChI=1S/C32H43N3O6/c1-6-16-33-17-8-14-31(7-2)25(28(33)37)26-29(38)35(23(20-36)19-21(3)4)27-30(39)34(18-9-15-32(26,27)41-31)22-10-12-24(40-5)13-11-22/h8-15,21,23,25-27,36H,6-7,16-20H2,1-5H3/t23-,25-,26+,27?,31+,32+/m1/s1. The van der Waals surface area contributed by atoms with Crippen LogP contribution in [0, 0.1) is 17.8 Å². The fraction of sp³-hybridized carbons (Fsp3) is 0.594. The van der Waals surface area contributed by atoms with Crippen LogP contribution in [-0.2, 0) is 19.1 Å². The number of ether oxygens (including phenoxy) is 2. The van der Waals surface area contributed by atoms with Gasteiger partial charge in [0.15, 0.2) is 0 Å². The first-order valence-electron chi connectivity index (χ1n) is 14.9. The predicted octanol–water partition coefficient (Wildman–Crippen LogP) is 3.17. The maximum atomic E-state index is 14.7. The normalized spacial score (nSPS) is 31.7. The minimum atomic E-state index is -1.35. The van der Waals surface area contributed by atoms with E-state index < -0.39 is 35.1 Å². The van der Waals surface area contributed by atoms with Gasteiger partial charge in [-0.1, -0.05) is 52.0 Å². The van der Waals surface area contributed by atoms with Crippen molar-refractivity contribution in [1.82, 2.24) is 9.80 Å². The number of nitrogens with zero attached hydrogens (tertiary/aromatic N) is 3. The van der Waals surface area contributed by atoms with E-state index in [0.717, 1.165) is 6.42 Å². The summed E-state index contributed by atoms with van der Waals surface area (Å²) in [5.41, 5.74) is -1.70. The minimum absolute atomic E-state index is 0.115. The predicted molar refractivity (Wildman–Crippen MR) is 155 cm³/mol.